The van der Waals surface area contributed by atoms with Crippen LogP contribution in [0.1, 0.15) is 12.5 Å². The van der Waals surface area contributed by atoms with Crippen molar-refractivity contribution in [3.63, 3.8) is 0 Å². The fourth-order valence-corrected chi connectivity index (χ4v) is 7.49. The number of aromatic nitrogens is 7. The summed E-state index contributed by atoms with van der Waals surface area (Å²) in [5.74, 6) is -0.138. The molecule has 0 radical (unpaired) electrons. The molecule has 44 heavy (non-hydrogen) atoms. The molecule has 236 valence electrons. The Morgan fingerprint density at radius 3 is 2.57 bits per heavy atom. The van der Waals surface area contributed by atoms with E-state index in [1.807, 2.05) is 0 Å². The molecule has 0 aromatic carbocycles. The topological polar surface area (TPSA) is 319 Å². The van der Waals surface area contributed by atoms with Crippen LogP contribution < -0.4 is 17.0 Å². The number of aliphatic hydroxyl groups is 3. The first-order chi connectivity index (χ1) is 20.9. The van der Waals surface area contributed by atoms with Crippen molar-refractivity contribution in [2.45, 2.75) is 48.6 Å². The molecule has 21 nitrogen and oxygen atoms in total. The van der Waals surface area contributed by atoms with Crippen LogP contribution in [0, 0.1) is 0 Å². The maximum absolute atomic E-state index is 13.7. The van der Waals surface area contributed by atoms with Crippen LogP contribution in [0.3, 0.4) is 0 Å². The van der Waals surface area contributed by atoms with E-state index in [1.165, 1.54) is 17.1 Å². The Kier molecular flexibility index (Phi) is 7.97. The summed E-state index contributed by atoms with van der Waals surface area (Å²) in [5.41, 5.74) is 8.99. The summed E-state index contributed by atoms with van der Waals surface area (Å²) in [6.45, 7) is -1.55. The molecule has 10 unspecified atom stereocenters. The third-order valence-electron chi connectivity index (χ3n) is 7.38. The van der Waals surface area contributed by atoms with Crippen LogP contribution in [0.4, 0.5) is 11.8 Å². The molecule has 2 aliphatic rings. The number of nitrogens with two attached hydrogens (primary N) is 2. The van der Waals surface area contributed by atoms with Crippen LogP contribution in [0.2, 0.25) is 0 Å². The van der Waals surface area contributed by atoms with Crippen molar-refractivity contribution >= 4 is 49.8 Å². The fourth-order valence-electron chi connectivity index (χ4n) is 5.37. The van der Waals surface area contributed by atoms with Gasteiger partial charge in [-0.1, -0.05) is 0 Å². The second-order valence-corrected chi connectivity index (χ2v) is 12.6. The largest absolute Gasteiger partial charge is 0.695 e. The van der Waals surface area contributed by atoms with Gasteiger partial charge in [-0.25, -0.2) is 15.0 Å². The summed E-state index contributed by atoms with van der Waals surface area (Å²) in [4.78, 5) is 51.1. The molecular weight excluding hydrogens is 632 g/mol. The Hall–Kier alpha value is -3.46. The summed E-state index contributed by atoms with van der Waals surface area (Å²) in [7, 11) is -8.25. The molecule has 4 aromatic heterocycles. The van der Waals surface area contributed by atoms with Crippen LogP contribution in [-0.4, -0.2) is 109 Å². The van der Waals surface area contributed by atoms with Crippen molar-refractivity contribution in [3.05, 3.63) is 35.3 Å². The number of hydrogen-bond donors (Lipinski definition) is 8. The molecule has 0 saturated carbocycles. The lowest BCUT2D eigenvalue weighted by molar-refractivity contribution is -0.0488. The summed E-state index contributed by atoms with van der Waals surface area (Å²) < 4.78 is 49.7. The second kappa shape index (κ2) is 11.5. The van der Waals surface area contributed by atoms with E-state index in [9.17, 15) is 39.0 Å². The molecule has 23 heteroatoms. The molecule has 10 atom stereocenters. The number of anilines is 2. The van der Waals surface area contributed by atoms with E-state index in [-0.39, 0.29) is 28.6 Å². The van der Waals surface area contributed by atoms with E-state index in [1.54, 1.807) is 6.07 Å². The minimum atomic E-state index is -4.98. The molecule has 4 aromatic rings. The molecule has 6 heterocycles. The van der Waals surface area contributed by atoms with Crippen molar-refractivity contribution < 1.29 is 52.8 Å². The smallest absolute Gasteiger partial charge is 0.394 e. The van der Waals surface area contributed by atoms with E-state index >= 15 is 0 Å². The summed E-state index contributed by atoms with van der Waals surface area (Å²) in [5, 5.41) is 32.1. The molecule has 10 N–H and O–H groups in total. The van der Waals surface area contributed by atoms with Gasteiger partial charge in [0.2, 0.25) is 5.95 Å². The number of ether oxygens (including phenoxy) is 2. The first-order valence-corrected chi connectivity index (χ1v) is 15.6. The van der Waals surface area contributed by atoms with Gasteiger partial charge in [-0.2, -0.15) is 4.98 Å². The number of imidazole rings is 1. The highest BCUT2D eigenvalue weighted by atomic mass is 31.2. The quantitative estimate of drug-likeness (QED) is 0.0888. The van der Waals surface area contributed by atoms with Crippen LogP contribution in [0.5, 0.6) is 0 Å². The number of aliphatic hydroxyl groups excluding tert-OH is 3. The predicted octanol–water partition coefficient (Wildman–Crippen LogP) is -2.16. The van der Waals surface area contributed by atoms with Crippen LogP contribution in [0.25, 0.3) is 22.2 Å². The fraction of sp³-hybridized carbons (Fsp3) is 0.476. The van der Waals surface area contributed by atoms with E-state index in [0.29, 0.717) is 5.39 Å². The second-order valence-electron chi connectivity index (χ2n) is 9.95. The van der Waals surface area contributed by atoms with Gasteiger partial charge in [0.15, 0.2) is 29.7 Å². The van der Waals surface area contributed by atoms with Gasteiger partial charge >= 0.3 is 15.9 Å². The van der Waals surface area contributed by atoms with Crippen LogP contribution in [0.15, 0.2) is 29.7 Å². The number of nitrogens with zero attached hydrogens (tertiary/aromatic N) is 6. The minimum Gasteiger partial charge on any atom is -0.394 e. The third kappa shape index (κ3) is 5.17. The molecule has 0 bridgehead atoms. The number of aromatic amines is 1. The monoisotopic (exact) mass is 658 g/mol. The van der Waals surface area contributed by atoms with Gasteiger partial charge in [0, 0.05) is 10.8 Å². The molecular formula is C21H26N9O12P2+. The highest BCUT2D eigenvalue weighted by Gasteiger charge is 2.56. The highest BCUT2D eigenvalue weighted by Crippen LogP contribution is 2.57. The number of fused-ring (bicyclic) bond motifs is 2. The number of nitrogens with one attached hydrogen (secondary N) is 1. The zero-order valence-corrected chi connectivity index (χ0v) is 24.0. The van der Waals surface area contributed by atoms with Crippen molar-refractivity contribution in [2.75, 3.05) is 24.7 Å². The minimum absolute atomic E-state index is 0.138. The Morgan fingerprint density at radius 1 is 1.09 bits per heavy atom. The summed E-state index contributed by atoms with van der Waals surface area (Å²) >= 11 is 0. The Bertz CT molecular complexity index is 1830. The zero-order chi connectivity index (χ0) is 31.5. The van der Waals surface area contributed by atoms with Crippen molar-refractivity contribution in [3.8, 4) is 0 Å². The third-order valence-corrected chi connectivity index (χ3v) is 9.63. The number of nitrogen functional groups attached to an aromatic ring is 2. The maximum Gasteiger partial charge on any atom is 0.695 e. The molecule has 0 amide bonds. The highest BCUT2D eigenvalue weighted by molar-refractivity contribution is 7.53. The van der Waals surface area contributed by atoms with Gasteiger partial charge in [0.1, 0.15) is 47.9 Å². The van der Waals surface area contributed by atoms with Gasteiger partial charge < -0.3 is 50.2 Å². The van der Waals surface area contributed by atoms with Gasteiger partial charge in [0.05, 0.1) is 24.9 Å². The lowest BCUT2D eigenvalue weighted by atomic mass is 10.1. The van der Waals surface area contributed by atoms with E-state index in [2.05, 4.69) is 24.9 Å². The van der Waals surface area contributed by atoms with Crippen LogP contribution >= 0.6 is 15.9 Å². The van der Waals surface area contributed by atoms with Crippen molar-refractivity contribution in [1.82, 2.24) is 34.1 Å². The Labute approximate surface area is 245 Å². The SMILES string of the molecule is Nc1nc2c(ncn2C2OC(CO)C(O)C2P(=O)(O)OCC2OC(n3ccc4c(N)ncnc43)C(O)C2O[P+](=O)O)c(=O)[nH]1. The number of rotatable bonds is 9. The molecule has 2 saturated heterocycles. The summed E-state index contributed by atoms with van der Waals surface area (Å²) in [6, 6.07) is 1.56. The van der Waals surface area contributed by atoms with E-state index in [0.717, 1.165) is 10.9 Å². The predicted molar refractivity (Wildman–Crippen MR) is 146 cm³/mol. The number of H-pyrrole nitrogens is 1. The zero-order valence-electron chi connectivity index (χ0n) is 22.2. The molecule has 6 rings (SSSR count). The van der Waals surface area contributed by atoms with Crippen molar-refractivity contribution in [2.24, 2.45) is 0 Å². The van der Waals surface area contributed by atoms with Crippen LogP contribution in [-0.2, 0) is 27.7 Å². The van der Waals surface area contributed by atoms with Gasteiger partial charge in [-0.3, -0.25) is 18.9 Å². The molecule has 0 spiro atoms. The Balaban J connectivity index is 1.29. The van der Waals surface area contributed by atoms with Gasteiger partial charge in [-0.05, 0) is 6.07 Å². The normalized spacial score (nSPS) is 30.7. The average Bonchev–Trinajstić information content (AvgIpc) is 3.72. The lowest BCUT2D eigenvalue weighted by Crippen LogP contribution is -2.37. The summed E-state index contributed by atoms with van der Waals surface area (Å²) in [6.07, 6.45) is -6.72. The lowest BCUT2D eigenvalue weighted by Gasteiger charge is -2.27. The standard InChI is InChI=1S/C21H25N9O12P2/c22-15-7-1-2-29(16(7)25-5-24-15)19-12(33)13(42-43(35)36)9(41-19)4-39-44(37,38)14-11(32)8(3-31)40-20(14)30-6-26-10-17(30)27-21(23)28-18(10)34/h1-2,5-6,8-9,11-14,19-20,31-33H,3-4H2,(H6-,22,23,24,25,27,28,34,35,36,37,38)/p+1. The number of hydrogen-bond acceptors (Lipinski definition) is 16. The maximum atomic E-state index is 13.7. The molecule has 2 aliphatic heterocycles. The molecule has 0 aliphatic carbocycles. The van der Waals surface area contributed by atoms with Gasteiger partial charge in [0.25, 0.3) is 5.56 Å². The average molecular weight is 658 g/mol. The molecule has 2 fully saturated rings. The van der Waals surface area contributed by atoms with Gasteiger partial charge in [-0.15, -0.1) is 9.42 Å². The van der Waals surface area contributed by atoms with E-state index < -0.39 is 83.3 Å². The first-order valence-electron chi connectivity index (χ1n) is 12.8. The van der Waals surface area contributed by atoms with E-state index in [4.69, 9.17) is 30.0 Å². The Morgan fingerprint density at radius 2 is 1.84 bits per heavy atom. The van der Waals surface area contributed by atoms with Crippen molar-refractivity contribution in [1.29, 1.82) is 0 Å². The first kappa shape index (κ1) is 30.6.